The van der Waals surface area contributed by atoms with E-state index in [9.17, 15) is 5.11 Å². The van der Waals surface area contributed by atoms with Gasteiger partial charge < -0.3 is 14.6 Å². The lowest BCUT2D eigenvalue weighted by molar-refractivity contribution is -0.0322. The zero-order valence-electron chi connectivity index (χ0n) is 11.8. The van der Waals surface area contributed by atoms with E-state index in [1.54, 1.807) is 6.20 Å². The van der Waals surface area contributed by atoms with Crippen molar-refractivity contribution in [3.8, 4) is 0 Å². The van der Waals surface area contributed by atoms with E-state index < -0.39 is 0 Å². The zero-order valence-corrected chi connectivity index (χ0v) is 11.8. The predicted octanol–water partition coefficient (Wildman–Crippen LogP) is 1.59. The van der Waals surface area contributed by atoms with E-state index in [0.29, 0.717) is 6.42 Å². The van der Waals surface area contributed by atoms with Crippen molar-refractivity contribution in [1.29, 1.82) is 0 Å². The second kappa shape index (κ2) is 5.41. The summed E-state index contributed by atoms with van der Waals surface area (Å²) in [7, 11) is 6.16. The molecule has 0 aromatic carbocycles. The largest absolute Gasteiger partial charge is 0.391 e. The van der Waals surface area contributed by atoms with Crippen molar-refractivity contribution in [1.82, 2.24) is 14.5 Å². The highest BCUT2D eigenvalue weighted by Crippen LogP contribution is 2.36. The molecule has 0 aliphatic heterocycles. The Morgan fingerprint density at radius 3 is 2.56 bits per heavy atom. The topological polar surface area (TPSA) is 41.3 Å². The van der Waals surface area contributed by atoms with Gasteiger partial charge in [-0.3, -0.25) is 0 Å². The van der Waals surface area contributed by atoms with E-state index >= 15 is 0 Å². The third kappa shape index (κ3) is 2.45. The molecule has 1 aromatic heterocycles. The van der Waals surface area contributed by atoms with Crippen LogP contribution in [0.15, 0.2) is 12.4 Å². The maximum absolute atomic E-state index is 10.7. The number of aromatic nitrogens is 2. The first-order valence-corrected chi connectivity index (χ1v) is 6.88. The molecule has 1 fully saturated rings. The second-order valence-corrected chi connectivity index (χ2v) is 5.73. The van der Waals surface area contributed by atoms with Crippen LogP contribution >= 0.6 is 0 Å². The molecule has 1 atom stereocenters. The van der Waals surface area contributed by atoms with Crippen LogP contribution in [0.3, 0.4) is 0 Å². The highest BCUT2D eigenvalue weighted by molar-refractivity contribution is 5.03. The van der Waals surface area contributed by atoms with Crippen LogP contribution in [0.1, 0.15) is 37.9 Å². The van der Waals surface area contributed by atoms with Gasteiger partial charge in [0.05, 0.1) is 6.10 Å². The van der Waals surface area contributed by atoms with Gasteiger partial charge in [0.15, 0.2) is 0 Å². The molecule has 0 radical (unpaired) electrons. The number of likely N-dealkylation sites (N-methyl/N-ethyl adjacent to an activating group) is 1. The first-order valence-electron chi connectivity index (χ1n) is 6.88. The molecular formula is C14H25N3O. The summed E-state index contributed by atoms with van der Waals surface area (Å²) in [6.07, 6.45) is 9.94. The molecule has 102 valence electrons. The number of aryl methyl sites for hydroxylation is 1. The third-order valence-electron chi connectivity index (χ3n) is 4.53. The average Bonchev–Trinajstić information content (AvgIpc) is 2.75. The van der Waals surface area contributed by atoms with Gasteiger partial charge in [0.2, 0.25) is 0 Å². The minimum atomic E-state index is -0.339. The van der Waals surface area contributed by atoms with Crippen LogP contribution < -0.4 is 0 Å². The summed E-state index contributed by atoms with van der Waals surface area (Å²) in [6, 6.07) is 0. The molecule has 4 nitrogen and oxygen atoms in total. The Hall–Kier alpha value is -0.870. The maximum atomic E-state index is 10.7. The molecule has 1 aromatic rings. The van der Waals surface area contributed by atoms with Crippen molar-refractivity contribution in [3.63, 3.8) is 0 Å². The lowest BCUT2D eigenvalue weighted by atomic mass is 9.75. The Bertz CT molecular complexity index is 380. The van der Waals surface area contributed by atoms with Crippen molar-refractivity contribution in [2.24, 2.45) is 7.05 Å². The lowest BCUT2D eigenvalue weighted by Gasteiger charge is -2.46. The third-order valence-corrected chi connectivity index (χ3v) is 4.53. The van der Waals surface area contributed by atoms with Gasteiger partial charge >= 0.3 is 0 Å². The molecule has 1 aliphatic rings. The molecule has 1 N–H and O–H groups in total. The second-order valence-electron chi connectivity index (χ2n) is 5.73. The number of nitrogens with zero attached hydrogens (tertiary/aromatic N) is 3. The lowest BCUT2D eigenvalue weighted by Crippen LogP contribution is -2.55. The fourth-order valence-corrected chi connectivity index (χ4v) is 3.20. The van der Waals surface area contributed by atoms with Gasteiger partial charge in [-0.1, -0.05) is 19.3 Å². The van der Waals surface area contributed by atoms with Crippen molar-refractivity contribution in [3.05, 3.63) is 18.2 Å². The zero-order chi connectivity index (χ0) is 13.2. The van der Waals surface area contributed by atoms with Gasteiger partial charge in [-0.2, -0.15) is 0 Å². The molecule has 4 heteroatoms. The Morgan fingerprint density at radius 1 is 1.39 bits per heavy atom. The van der Waals surface area contributed by atoms with Crippen LogP contribution in [-0.4, -0.2) is 45.3 Å². The molecule has 1 aliphatic carbocycles. The van der Waals surface area contributed by atoms with E-state index in [2.05, 4.69) is 24.0 Å². The van der Waals surface area contributed by atoms with Gasteiger partial charge in [0.1, 0.15) is 5.82 Å². The molecule has 1 heterocycles. The summed E-state index contributed by atoms with van der Waals surface area (Å²) < 4.78 is 2.00. The smallest absolute Gasteiger partial charge is 0.111 e. The van der Waals surface area contributed by atoms with E-state index in [-0.39, 0.29) is 11.6 Å². The maximum Gasteiger partial charge on any atom is 0.111 e. The molecule has 0 bridgehead atoms. The molecular weight excluding hydrogens is 226 g/mol. The summed E-state index contributed by atoms with van der Waals surface area (Å²) >= 11 is 0. The molecule has 1 saturated carbocycles. The average molecular weight is 251 g/mol. The summed E-state index contributed by atoms with van der Waals surface area (Å²) in [5.74, 6) is 0.967. The SMILES string of the molecule is CN(C)C1(C(O)Cc2nccn2C)CCCCC1. The highest BCUT2D eigenvalue weighted by atomic mass is 16.3. The van der Waals surface area contributed by atoms with Gasteiger partial charge in [-0.05, 0) is 26.9 Å². The Kier molecular flexibility index (Phi) is 4.07. The van der Waals surface area contributed by atoms with E-state index in [0.717, 1.165) is 18.7 Å². The van der Waals surface area contributed by atoms with Gasteiger partial charge in [-0.15, -0.1) is 0 Å². The Balaban J connectivity index is 2.13. The number of imidazole rings is 1. The predicted molar refractivity (Wildman–Crippen MR) is 72.4 cm³/mol. The fraction of sp³-hybridized carbons (Fsp3) is 0.786. The van der Waals surface area contributed by atoms with Crippen molar-refractivity contribution in [2.45, 2.75) is 50.2 Å². The first-order chi connectivity index (χ1) is 8.56. The summed E-state index contributed by atoms with van der Waals surface area (Å²) in [5.41, 5.74) is -0.0653. The van der Waals surface area contributed by atoms with Gasteiger partial charge in [0.25, 0.3) is 0 Å². The summed E-state index contributed by atoms with van der Waals surface area (Å²) in [4.78, 5) is 6.55. The number of hydrogen-bond donors (Lipinski definition) is 1. The van der Waals surface area contributed by atoms with Crippen LogP contribution in [0.5, 0.6) is 0 Å². The molecule has 0 saturated heterocycles. The molecule has 2 rings (SSSR count). The van der Waals surface area contributed by atoms with Crippen molar-refractivity contribution < 1.29 is 5.11 Å². The summed E-state index contributed by atoms with van der Waals surface area (Å²) in [5, 5.41) is 10.7. The molecule has 0 amide bonds. The number of rotatable bonds is 4. The van der Waals surface area contributed by atoms with Crippen LogP contribution in [0.4, 0.5) is 0 Å². The molecule has 1 unspecified atom stereocenters. The minimum Gasteiger partial charge on any atom is -0.391 e. The van der Waals surface area contributed by atoms with Gasteiger partial charge in [0, 0.05) is 31.4 Å². The normalized spacial score (nSPS) is 21.2. The van der Waals surface area contributed by atoms with Crippen LogP contribution in [0.2, 0.25) is 0 Å². The quantitative estimate of drug-likeness (QED) is 0.883. The van der Waals surface area contributed by atoms with Crippen molar-refractivity contribution >= 4 is 0 Å². The van der Waals surface area contributed by atoms with E-state index in [1.807, 2.05) is 17.8 Å². The monoisotopic (exact) mass is 251 g/mol. The van der Waals surface area contributed by atoms with Crippen molar-refractivity contribution in [2.75, 3.05) is 14.1 Å². The Labute approximate surface area is 110 Å². The van der Waals surface area contributed by atoms with Crippen LogP contribution in [0, 0.1) is 0 Å². The molecule has 0 spiro atoms. The van der Waals surface area contributed by atoms with E-state index in [4.69, 9.17) is 0 Å². The number of hydrogen-bond acceptors (Lipinski definition) is 3. The number of aliphatic hydroxyl groups is 1. The Morgan fingerprint density at radius 2 is 2.06 bits per heavy atom. The van der Waals surface area contributed by atoms with Gasteiger partial charge in [-0.25, -0.2) is 4.98 Å². The number of aliphatic hydroxyl groups excluding tert-OH is 1. The summed E-state index contributed by atoms with van der Waals surface area (Å²) in [6.45, 7) is 0. The van der Waals surface area contributed by atoms with Crippen LogP contribution in [0.25, 0.3) is 0 Å². The molecule has 18 heavy (non-hydrogen) atoms. The highest BCUT2D eigenvalue weighted by Gasteiger charge is 2.41. The standard InChI is InChI=1S/C14H25N3O/c1-16(2)14(7-5-4-6-8-14)12(18)11-13-15-9-10-17(13)3/h9-10,12,18H,4-8,11H2,1-3H3. The van der Waals surface area contributed by atoms with Crippen LogP contribution in [-0.2, 0) is 13.5 Å². The first kappa shape index (κ1) is 13.6. The minimum absolute atomic E-state index is 0.0653. The fourth-order valence-electron chi connectivity index (χ4n) is 3.20. The van der Waals surface area contributed by atoms with E-state index in [1.165, 1.54) is 19.3 Å².